The molecule has 9 heteroatoms. The largest absolute Gasteiger partial charge is 0.489 e. The molecule has 3 amide bonds. The van der Waals surface area contributed by atoms with E-state index in [0.717, 1.165) is 36.0 Å². The van der Waals surface area contributed by atoms with Crippen molar-refractivity contribution in [3.8, 4) is 5.75 Å². The molecule has 4 rings (SSSR count). The molecule has 9 nitrogen and oxygen atoms in total. The monoisotopic (exact) mass is 559 g/mol. The van der Waals surface area contributed by atoms with E-state index in [1.165, 1.54) is 0 Å². The zero-order valence-electron chi connectivity index (χ0n) is 23.0. The first kappa shape index (κ1) is 29.6. The normalized spacial score (nSPS) is 14.8. The Labute approximate surface area is 240 Å². The maximum Gasteiger partial charge on any atom is 0.335 e. The molecule has 1 aliphatic carbocycles. The SMILES string of the molecule is O=C(NCc1ccccc1)NCC1(C(=O)NO[C@@H](Cc2ccc(OCc3ccccc3)cc2)C(=O)O)CCCCC1. The number of rotatable bonds is 13. The Morgan fingerprint density at radius 3 is 2.05 bits per heavy atom. The molecule has 1 atom stereocenters. The van der Waals surface area contributed by atoms with Crippen LogP contribution >= 0.6 is 0 Å². The minimum absolute atomic E-state index is 0.0573. The number of carboxylic acid groups (broad SMARTS) is 1. The number of benzene rings is 3. The van der Waals surface area contributed by atoms with Crippen LogP contribution in [0.4, 0.5) is 4.79 Å². The molecule has 0 unspecified atom stereocenters. The number of hydroxylamine groups is 1. The number of nitrogens with one attached hydrogen (secondary N) is 3. The second kappa shape index (κ2) is 14.9. The van der Waals surface area contributed by atoms with Gasteiger partial charge in [0.2, 0.25) is 0 Å². The molecule has 41 heavy (non-hydrogen) atoms. The number of carboxylic acids is 1. The number of urea groups is 1. The van der Waals surface area contributed by atoms with Crippen LogP contribution in [-0.4, -0.2) is 35.7 Å². The fraction of sp³-hybridized carbons (Fsp3) is 0.344. The van der Waals surface area contributed by atoms with Gasteiger partial charge < -0.3 is 20.5 Å². The van der Waals surface area contributed by atoms with E-state index in [1.54, 1.807) is 24.3 Å². The zero-order chi connectivity index (χ0) is 28.9. The summed E-state index contributed by atoms with van der Waals surface area (Å²) in [6, 6.07) is 26.1. The summed E-state index contributed by atoms with van der Waals surface area (Å²) in [5.74, 6) is -0.944. The summed E-state index contributed by atoms with van der Waals surface area (Å²) >= 11 is 0. The molecule has 0 bridgehead atoms. The van der Waals surface area contributed by atoms with E-state index in [2.05, 4.69) is 16.1 Å². The van der Waals surface area contributed by atoms with Gasteiger partial charge in [0.1, 0.15) is 12.4 Å². The Hall–Kier alpha value is -4.37. The van der Waals surface area contributed by atoms with Gasteiger partial charge in [-0.25, -0.2) is 15.1 Å². The van der Waals surface area contributed by atoms with E-state index in [-0.39, 0.29) is 19.0 Å². The molecule has 0 aliphatic heterocycles. The number of hydrogen-bond acceptors (Lipinski definition) is 5. The van der Waals surface area contributed by atoms with E-state index in [9.17, 15) is 19.5 Å². The molecule has 0 saturated heterocycles. The molecule has 0 heterocycles. The van der Waals surface area contributed by atoms with Crippen molar-refractivity contribution in [1.82, 2.24) is 16.1 Å². The van der Waals surface area contributed by atoms with Crippen LogP contribution in [0.3, 0.4) is 0 Å². The summed E-state index contributed by atoms with van der Waals surface area (Å²) in [5.41, 5.74) is 4.28. The van der Waals surface area contributed by atoms with Crippen molar-refractivity contribution >= 4 is 17.9 Å². The molecule has 1 aliphatic rings. The van der Waals surface area contributed by atoms with E-state index in [1.807, 2.05) is 60.7 Å². The number of hydrogen-bond donors (Lipinski definition) is 4. The van der Waals surface area contributed by atoms with Gasteiger partial charge in [0, 0.05) is 19.5 Å². The van der Waals surface area contributed by atoms with Gasteiger partial charge in [-0.1, -0.05) is 92.1 Å². The number of amides is 3. The highest BCUT2D eigenvalue weighted by atomic mass is 16.7. The van der Waals surface area contributed by atoms with Gasteiger partial charge in [0.05, 0.1) is 5.41 Å². The van der Waals surface area contributed by atoms with E-state index >= 15 is 0 Å². The van der Waals surface area contributed by atoms with Gasteiger partial charge in [-0.15, -0.1) is 0 Å². The van der Waals surface area contributed by atoms with Crippen LogP contribution in [0.15, 0.2) is 84.9 Å². The van der Waals surface area contributed by atoms with E-state index in [4.69, 9.17) is 9.57 Å². The second-order valence-corrected chi connectivity index (χ2v) is 10.4. The first-order valence-corrected chi connectivity index (χ1v) is 13.9. The van der Waals surface area contributed by atoms with Gasteiger partial charge in [-0.3, -0.25) is 9.63 Å². The van der Waals surface area contributed by atoms with Crippen molar-refractivity contribution in [2.24, 2.45) is 5.41 Å². The molecule has 0 spiro atoms. The maximum atomic E-state index is 13.3. The summed E-state index contributed by atoms with van der Waals surface area (Å²) in [6.45, 7) is 0.929. The van der Waals surface area contributed by atoms with Crippen molar-refractivity contribution in [2.75, 3.05) is 6.54 Å². The van der Waals surface area contributed by atoms with Gasteiger partial charge in [0.25, 0.3) is 5.91 Å². The average molecular weight is 560 g/mol. The molecule has 1 saturated carbocycles. The lowest BCUT2D eigenvalue weighted by Gasteiger charge is -2.35. The van der Waals surface area contributed by atoms with Crippen molar-refractivity contribution in [3.63, 3.8) is 0 Å². The molecular formula is C32H37N3O6. The predicted molar refractivity (Wildman–Crippen MR) is 154 cm³/mol. The fourth-order valence-corrected chi connectivity index (χ4v) is 4.89. The highest BCUT2D eigenvalue weighted by Crippen LogP contribution is 2.36. The van der Waals surface area contributed by atoms with Crippen LogP contribution in [-0.2, 0) is 34.0 Å². The van der Waals surface area contributed by atoms with Crippen molar-refractivity contribution in [3.05, 3.63) is 102 Å². The Morgan fingerprint density at radius 2 is 1.41 bits per heavy atom. The molecule has 1 fully saturated rings. The molecular weight excluding hydrogens is 522 g/mol. The minimum Gasteiger partial charge on any atom is -0.489 e. The van der Waals surface area contributed by atoms with Crippen LogP contribution in [0.1, 0.15) is 48.8 Å². The summed E-state index contributed by atoms with van der Waals surface area (Å²) < 4.78 is 5.80. The van der Waals surface area contributed by atoms with Crippen LogP contribution in [0.25, 0.3) is 0 Å². The number of carbonyl (C=O) groups excluding carboxylic acids is 2. The highest BCUT2D eigenvalue weighted by Gasteiger charge is 2.40. The molecule has 0 aromatic heterocycles. The third-order valence-electron chi connectivity index (χ3n) is 7.34. The molecule has 3 aromatic carbocycles. The Morgan fingerprint density at radius 1 is 0.780 bits per heavy atom. The first-order valence-electron chi connectivity index (χ1n) is 13.9. The van der Waals surface area contributed by atoms with Crippen molar-refractivity contribution in [1.29, 1.82) is 0 Å². The fourth-order valence-electron chi connectivity index (χ4n) is 4.89. The minimum atomic E-state index is -1.28. The van der Waals surface area contributed by atoms with E-state index < -0.39 is 23.4 Å². The number of carbonyl (C=O) groups is 3. The second-order valence-electron chi connectivity index (χ2n) is 10.4. The van der Waals surface area contributed by atoms with Gasteiger partial charge in [0.15, 0.2) is 6.10 Å². The summed E-state index contributed by atoms with van der Waals surface area (Å²) in [7, 11) is 0. The van der Waals surface area contributed by atoms with Crippen molar-refractivity contribution < 1.29 is 29.1 Å². The number of aliphatic carboxylic acids is 1. The molecule has 4 N–H and O–H groups in total. The summed E-state index contributed by atoms with van der Waals surface area (Å²) in [6.07, 6.45) is 2.59. The Bertz CT molecular complexity index is 1260. The standard InChI is InChI=1S/C32H37N3O6/c36-29(37)28(20-24-14-16-27(17-15-24)40-22-26-12-6-2-7-13-26)41-35-30(38)32(18-8-3-9-19-32)23-34-31(39)33-21-25-10-4-1-5-11-25/h1-2,4-7,10-17,28H,3,8-9,18-23H2,(H,35,38)(H,36,37)(H2,33,34,39)/t28-/m0/s1. The lowest BCUT2D eigenvalue weighted by molar-refractivity contribution is -0.165. The Balaban J connectivity index is 1.28. The quantitative estimate of drug-likeness (QED) is 0.224. The van der Waals surface area contributed by atoms with Crippen molar-refractivity contribution in [2.45, 2.75) is 57.8 Å². The maximum absolute atomic E-state index is 13.3. The summed E-state index contributed by atoms with van der Waals surface area (Å²) in [5, 5.41) is 15.4. The topological polar surface area (TPSA) is 126 Å². The summed E-state index contributed by atoms with van der Waals surface area (Å²) in [4.78, 5) is 43.1. The molecule has 0 radical (unpaired) electrons. The Kier molecular flexibility index (Phi) is 10.7. The predicted octanol–water partition coefficient (Wildman–Crippen LogP) is 4.76. The van der Waals surface area contributed by atoms with Crippen LogP contribution in [0, 0.1) is 5.41 Å². The lowest BCUT2D eigenvalue weighted by Crippen LogP contribution is -2.52. The van der Waals surface area contributed by atoms with Crippen LogP contribution < -0.4 is 20.9 Å². The smallest absolute Gasteiger partial charge is 0.335 e. The number of ether oxygens (including phenoxy) is 1. The van der Waals surface area contributed by atoms with Gasteiger partial charge in [-0.05, 0) is 41.7 Å². The van der Waals surface area contributed by atoms with Crippen LogP contribution in [0.5, 0.6) is 5.75 Å². The van der Waals surface area contributed by atoms with Crippen LogP contribution in [0.2, 0.25) is 0 Å². The molecule has 216 valence electrons. The van der Waals surface area contributed by atoms with Gasteiger partial charge >= 0.3 is 12.0 Å². The van der Waals surface area contributed by atoms with Gasteiger partial charge in [-0.2, -0.15) is 0 Å². The third kappa shape index (κ3) is 9.08. The average Bonchev–Trinajstić information content (AvgIpc) is 3.01. The highest BCUT2D eigenvalue weighted by molar-refractivity contribution is 5.83. The zero-order valence-corrected chi connectivity index (χ0v) is 23.0. The first-order chi connectivity index (χ1) is 19.9. The third-order valence-corrected chi connectivity index (χ3v) is 7.34. The van der Waals surface area contributed by atoms with E-state index in [0.29, 0.717) is 31.7 Å². The lowest BCUT2D eigenvalue weighted by atomic mass is 9.73. The molecule has 3 aromatic rings.